The molecule has 0 aromatic carbocycles. The van der Waals surface area contributed by atoms with Crippen molar-refractivity contribution in [2.75, 3.05) is 33.0 Å². The minimum absolute atomic E-state index is 0.0382. The van der Waals surface area contributed by atoms with Crippen molar-refractivity contribution < 1.29 is 38.4 Å². The molecule has 4 aliphatic rings. The molecule has 2 amide bonds. The van der Waals surface area contributed by atoms with Crippen molar-refractivity contribution >= 4 is 18.0 Å². The molecule has 3 fully saturated rings. The van der Waals surface area contributed by atoms with Crippen LogP contribution < -0.4 is 5.32 Å². The molecular formula is C27H42N2O8. The molecule has 37 heavy (non-hydrogen) atoms. The summed E-state index contributed by atoms with van der Waals surface area (Å²) in [4.78, 5) is 37.5. The molecule has 0 bridgehead atoms. The number of allylic oxidation sites excluding steroid dienone is 2. The molecule has 4 rings (SSSR count). The van der Waals surface area contributed by atoms with Gasteiger partial charge in [-0.1, -0.05) is 0 Å². The molecule has 3 unspecified atom stereocenters. The number of rotatable bonds is 9. The average Bonchev–Trinajstić information content (AvgIpc) is 3.12. The monoisotopic (exact) mass is 522 g/mol. The lowest BCUT2D eigenvalue weighted by molar-refractivity contribution is -0.138. The van der Waals surface area contributed by atoms with Gasteiger partial charge < -0.3 is 34.3 Å². The number of carboxylic acids is 1. The van der Waals surface area contributed by atoms with Crippen LogP contribution in [0, 0.1) is 11.8 Å². The molecule has 2 saturated heterocycles. The van der Waals surface area contributed by atoms with Crippen LogP contribution in [-0.2, 0) is 28.5 Å². The van der Waals surface area contributed by atoms with Gasteiger partial charge in [-0.15, -0.1) is 0 Å². The summed E-state index contributed by atoms with van der Waals surface area (Å²) in [5.41, 5.74) is -1.26. The highest BCUT2D eigenvalue weighted by atomic mass is 16.6. The first-order chi connectivity index (χ1) is 17.5. The van der Waals surface area contributed by atoms with Gasteiger partial charge in [0.25, 0.3) is 0 Å². The van der Waals surface area contributed by atoms with E-state index in [0.29, 0.717) is 51.0 Å². The summed E-state index contributed by atoms with van der Waals surface area (Å²) in [6, 6.07) is -0.347. The van der Waals surface area contributed by atoms with Crippen LogP contribution in [0.25, 0.3) is 0 Å². The van der Waals surface area contributed by atoms with Crippen LogP contribution in [0.4, 0.5) is 4.79 Å². The molecule has 0 aromatic heterocycles. The number of hydrogen-bond donors (Lipinski definition) is 2. The molecule has 0 aromatic rings. The van der Waals surface area contributed by atoms with Crippen molar-refractivity contribution in [1.82, 2.24) is 10.2 Å². The van der Waals surface area contributed by atoms with E-state index in [0.717, 1.165) is 37.9 Å². The zero-order chi connectivity index (χ0) is 26.6. The van der Waals surface area contributed by atoms with Gasteiger partial charge in [0, 0.05) is 19.4 Å². The maximum absolute atomic E-state index is 13.0. The zero-order valence-corrected chi connectivity index (χ0v) is 22.3. The first-order valence-electron chi connectivity index (χ1n) is 13.6. The first kappa shape index (κ1) is 27.7. The van der Waals surface area contributed by atoms with Crippen LogP contribution in [0.2, 0.25) is 0 Å². The maximum Gasteiger partial charge on any atom is 0.410 e. The number of amides is 2. The number of morpholine rings is 1. The number of aliphatic carboxylic acids is 1. The van der Waals surface area contributed by atoms with Gasteiger partial charge >= 0.3 is 12.1 Å². The fraction of sp³-hybridized carbons (Fsp3) is 0.815. The van der Waals surface area contributed by atoms with E-state index in [9.17, 15) is 14.4 Å². The Morgan fingerprint density at radius 3 is 2.62 bits per heavy atom. The van der Waals surface area contributed by atoms with Crippen LogP contribution in [0.5, 0.6) is 0 Å². The lowest BCUT2D eigenvalue weighted by Crippen LogP contribution is -2.65. The molecule has 2 aliphatic carbocycles. The van der Waals surface area contributed by atoms with E-state index in [2.05, 4.69) is 11.4 Å². The van der Waals surface area contributed by atoms with Crippen molar-refractivity contribution in [3.8, 4) is 0 Å². The Hall–Kier alpha value is -2.33. The van der Waals surface area contributed by atoms with E-state index in [-0.39, 0.29) is 37.2 Å². The van der Waals surface area contributed by atoms with Crippen LogP contribution >= 0.6 is 0 Å². The highest BCUT2D eigenvalue weighted by Gasteiger charge is 2.53. The highest BCUT2D eigenvalue weighted by Crippen LogP contribution is 2.41. The van der Waals surface area contributed by atoms with Gasteiger partial charge in [0.15, 0.2) is 0 Å². The third-order valence-electron chi connectivity index (χ3n) is 7.90. The van der Waals surface area contributed by atoms with Gasteiger partial charge in [-0.25, -0.2) is 4.79 Å². The van der Waals surface area contributed by atoms with E-state index in [1.54, 1.807) is 4.90 Å². The Morgan fingerprint density at radius 2 is 1.97 bits per heavy atom. The van der Waals surface area contributed by atoms with Crippen LogP contribution in [0.15, 0.2) is 11.8 Å². The summed E-state index contributed by atoms with van der Waals surface area (Å²) in [7, 11) is 0. The molecule has 1 saturated carbocycles. The van der Waals surface area contributed by atoms with E-state index < -0.39 is 17.1 Å². The molecule has 2 N–H and O–H groups in total. The molecule has 3 atom stereocenters. The van der Waals surface area contributed by atoms with Gasteiger partial charge in [-0.05, 0) is 77.2 Å². The van der Waals surface area contributed by atoms with Crippen molar-refractivity contribution in [3.05, 3.63) is 11.8 Å². The SMILES string of the molecule is CC(C)(C)OC(=O)N1CCC2(COCC(=O)N2)C1COC1CCC(C2C=C(OCCCC(=O)O)C2)CC1. The maximum atomic E-state index is 13.0. The van der Waals surface area contributed by atoms with Crippen molar-refractivity contribution in [3.63, 3.8) is 0 Å². The number of carbonyl (C=O) groups is 3. The summed E-state index contributed by atoms with van der Waals surface area (Å²) in [6.45, 7) is 7.20. The van der Waals surface area contributed by atoms with E-state index in [4.69, 9.17) is 24.1 Å². The number of ether oxygens (including phenoxy) is 4. The van der Waals surface area contributed by atoms with Crippen LogP contribution in [0.1, 0.15) is 72.1 Å². The third kappa shape index (κ3) is 7.16. The molecule has 1 spiro atoms. The number of carbonyl (C=O) groups excluding carboxylic acids is 2. The standard InChI is InChI=1S/C27H42N2O8/c1-26(2,3)37-25(33)29-11-10-27(17-34-16-23(30)28-27)22(29)15-36-20-8-6-18(7-9-20)19-13-21(14-19)35-12-4-5-24(31)32/h13,18-20,22H,4-12,14-17H2,1-3H3,(H,28,30)(H,31,32). The van der Waals surface area contributed by atoms with E-state index >= 15 is 0 Å². The number of hydrogen-bond acceptors (Lipinski definition) is 7. The normalized spacial score (nSPS) is 31.9. The number of likely N-dealkylation sites (tertiary alicyclic amines) is 1. The first-order valence-corrected chi connectivity index (χ1v) is 13.6. The molecule has 2 aliphatic heterocycles. The van der Waals surface area contributed by atoms with Gasteiger partial charge in [0.05, 0.1) is 43.3 Å². The van der Waals surface area contributed by atoms with Crippen molar-refractivity contribution in [2.45, 2.75) is 95.4 Å². The smallest absolute Gasteiger partial charge is 0.410 e. The van der Waals surface area contributed by atoms with Gasteiger partial charge in [-0.3, -0.25) is 9.59 Å². The molecule has 0 radical (unpaired) electrons. The van der Waals surface area contributed by atoms with Crippen LogP contribution in [-0.4, -0.2) is 84.2 Å². The van der Waals surface area contributed by atoms with E-state index in [1.165, 1.54) is 0 Å². The van der Waals surface area contributed by atoms with Gasteiger partial charge in [0.1, 0.15) is 12.2 Å². The Bertz CT molecular complexity index is 876. The number of nitrogens with one attached hydrogen (secondary N) is 1. The average molecular weight is 523 g/mol. The molecule has 10 nitrogen and oxygen atoms in total. The van der Waals surface area contributed by atoms with Gasteiger partial charge in [-0.2, -0.15) is 0 Å². The van der Waals surface area contributed by atoms with Crippen molar-refractivity contribution in [2.24, 2.45) is 11.8 Å². The second-order valence-corrected chi connectivity index (χ2v) is 11.9. The van der Waals surface area contributed by atoms with E-state index in [1.807, 2.05) is 20.8 Å². The summed E-state index contributed by atoms with van der Waals surface area (Å²) in [5, 5.41) is 11.8. The lowest BCUT2D eigenvalue weighted by atomic mass is 9.73. The molecule has 2 heterocycles. The largest absolute Gasteiger partial charge is 0.498 e. The fourth-order valence-corrected chi connectivity index (χ4v) is 5.90. The minimum atomic E-state index is -0.791. The predicted octanol–water partition coefficient (Wildman–Crippen LogP) is 3.24. The molecule has 208 valence electrons. The minimum Gasteiger partial charge on any atom is -0.498 e. The fourth-order valence-electron chi connectivity index (χ4n) is 5.90. The Labute approximate surface area is 219 Å². The highest BCUT2D eigenvalue weighted by molar-refractivity contribution is 5.79. The van der Waals surface area contributed by atoms with Crippen LogP contribution in [0.3, 0.4) is 0 Å². The summed E-state index contributed by atoms with van der Waals surface area (Å²) in [6.07, 6.45) is 8.18. The second kappa shape index (κ2) is 11.6. The predicted molar refractivity (Wildman–Crippen MR) is 134 cm³/mol. The summed E-state index contributed by atoms with van der Waals surface area (Å²) >= 11 is 0. The second-order valence-electron chi connectivity index (χ2n) is 11.9. The third-order valence-corrected chi connectivity index (χ3v) is 7.90. The molecular weight excluding hydrogens is 480 g/mol. The topological polar surface area (TPSA) is 124 Å². The Kier molecular flexibility index (Phi) is 8.68. The number of carboxylic acid groups (broad SMARTS) is 1. The number of nitrogens with zero attached hydrogens (tertiary/aromatic N) is 1. The lowest BCUT2D eigenvalue weighted by Gasteiger charge is -2.42. The summed E-state index contributed by atoms with van der Waals surface area (Å²) < 4.78 is 23.3. The van der Waals surface area contributed by atoms with Crippen molar-refractivity contribution in [1.29, 1.82) is 0 Å². The molecule has 10 heteroatoms. The quantitative estimate of drug-likeness (QED) is 0.443. The Balaban J connectivity index is 1.26. The van der Waals surface area contributed by atoms with Gasteiger partial charge in [0.2, 0.25) is 5.91 Å². The zero-order valence-electron chi connectivity index (χ0n) is 22.3. The Morgan fingerprint density at radius 1 is 1.24 bits per heavy atom. The summed E-state index contributed by atoms with van der Waals surface area (Å²) in [5.74, 6) is 1.15.